The molecule has 12 nitrogen and oxygen atoms in total. The van der Waals surface area contributed by atoms with Crippen molar-refractivity contribution in [2.45, 2.75) is 180 Å². The van der Waals surface area contributed by atoms with Crippen molar-refractivity contribution in [3.63, 3.8) is 0 Å². The van der Waals surface area contributed by atoms with Gasteiger partial charge in [-0.25, -0.2) is 0 Å². The molecule has 0 bridgehead atoms. The lowest BCUT2D eigenvalue weighted by molar-refractivity contribution is -0.258. The highest BCUT2D eigenvalue weighted by Gasteiger charge is 2.65. The van der Waals surface area contributed by atoms with E-state index in [0.717, 1.165) is 97.9 Å². The number of oxime groups is 1. The number of amides is 1. The highest BCUT2D eigenvalue weighted by molar-refractivity contribution is 6.03. The van der Waals surface area contributed by atoms with E-state index < -0.39 is 24.0 Å². The Morgan fingerprint density at radius 2 is 1.57 bits per heavy atom. The van der Waals surface area contributed by atoms with Crippen LogP contribution in [0.3, 0.4) is 0 Å². The highest BCUT2D eigenvalue weighted by atomic mass is 16.8. The molecule has 12 heteroatoms. The zero-order valence-corrected chi connectivity index (χ0v) is 43.5. The number of hydrogen-bond acceptors (Lipinski definition) is 11. The van der Waals surface area contributed by atoms with E-state index in [9.17, 15) is 10.2 Å². The van der Waals surface area contributed by atoms with Crippen LogP contribution in [-0.2, 0) is 25.7 Å². The molecule has 2 fully saturated rings. The monoisotopic (exact) mass is 991 g/mol. The molecule has 8 rings (SSSR count). The summed E-state index contributed by atoms with van der Waals surface area (Å²) in [6.45, 7) is 12.0. The summed E-state index contributed by atoms with van der Waals surface area (Å²) < 4.78 is 39.3. The molecule has 5 aliphatic rings. The molecule has 1 amide bonds. The van der Waals surface area contributed by atoms with Crippen molar-refractivity contribution < 1.29 is 48.3 Å². The maximum atomic E-state index is 15.5. The summed E-state index contributed by atoms with van der Waals surface area (Å²) in [4.78, 5) is 23.9. The number of carbonyl (C=O) groups excluding carboxylic acids is 1. The minimum atomic E-state index is -1.40. The predicted molar refractivity (Wildman–Crippen MR) is 281 cm³/mol. The normalized spacial score (nSPS) is 24.5. The Morgan fingerprint density at radius 1 is 0.833 bits per heavy atom. The van der Waals surface area contributed by atoms with E-state index in [1.807, 2.05) is 41.3 Å². The van der Waals surface area contributed by atoms with Crippen LogP contribution in [0.2, 0.25) is 0 Å². The van der Waals surface area contributed by atoms with Gasteiger partial charge in [0.25, 0.3) is 0 Å². The first kappa shape index (κ1) is 53.4. The van der Waals surface area contributed by atoms with E-state index in [1.54, 1.807) is 6.08 Å². The lowest BCUT2D eigenvalue weighted by Crippen LogP contribution is -2.70. The van der Waals surface area contributed by atoms with Crippen LogP contribution in [0.5, 0.6) is 28.7 Å². The van der Waals surface area contributed by atoms with Gasteiger partial charge in [-0.2, -0.15) is 0 Å². The number of aliphatic hydroxyl groups excluding tert-OH is 2. The fourth-order valence-corrected chi connectivity index (χ4v) is 11.9. The van der Waals surface area contributed by atoms with Crippen LogP contribution >= 0.6 is 0 Å². The second kappa shape index (κ2) is 26.4. The molecule has 392 valence electrons. The van der Waals surface area contributed by atoms with Gasteiger partial charge in [-0.05, 0) is 135 Å². The Labute approximate surface area is 429 Å². The zero-order valence-electron chi connectivity index (χ0n) is 43.5. The molecule has 3 aromatic carbocycles. The third kappa shape index (κ3) is 12.9. The van der Waals surface area contributed by atoms with E-state index in [1.165, 1.54) is 44.1 Å². The molecule has 2 N–H and O–H groups in total. The average molecular weight is 991 g/mol. The molecule has 3 aromatic rings. The lowest BCUT2D eigenvalue weighted by atomic mass is 9.55. The topological polar surface area (TPSA) is 138 Å². The van der Waals surface area contributed by atoms with Gasteiger partial charge in [0.15, 0.2) is 11.5 Å². The summed E-state index contributed by atoms with van der Waals surface area (Å²) >= 11 is 0. The Balaban J connectivity index is 1.27. The van der Waals surface area contributed by atoms with E-state index in [4.69, 9.17) is 38.4 Å². The molecule has 0 aromatic heterocycles. The largest absolute Gasteiger partial charge is 0.459 e. The van der Waals surface area contributed by atoms with Gasteiger partial charge < -0.3 is 48.4 Å². The predicted octanol–water partition coefficient (Wildman–Crippen LogP) is 12.9. The number of hydrogen-bond donors (Lipinski definition) is 2. The third-order valence-corrected chi connectivity index (χ3v) is 15.8. The summed E-state index contributed by atoms with van der Waals surface area (Å²) in [5.41, 5.74) is 5.99. The standard InChI is InChI=1S/C60H82N2O10/c1-5-7-8-9-10-11-12-13-14-23-56(65)62(40-44-26-29-53-54(36-44)68-41-67-53)55-39-51(61-72-57-24-17-20-34-66-57)49-37-45(21-15-18-31-63)48(22-16-19-32-64)58-50-38-47(70-46-27-25-42(3)43(4)35-46)28-30-52(50)71-60(55,59(49)58)69-33-6-2/h6,25-30,35-38,45,48,55,57-59,63-64H,2,5,7-24,31-34,39-41H2,1,3-4H3/t45-,48+,55-,57?,58+,59+,60+/m0/s1. The second-order valence-corrected chi connectivity index (χ2v) is 20.8. The number of ether oxygens (including phenoxy) is 6. The maximum absolute atomic E-state index is 15.5. The molecule has 2 aliphatic carbocycles. The second-order valence-electron chi connectivity index (χ2n) is 20.8. The number of unbranched alkanes of at least 4 members (excludes halogenated alkanes) is 10. The zero-order chi connectivity index (χ0) is 50.3. The van der Waals surface area contributed by atoms with Crippen molar-refractivity contribution in [2.24, 2.45) is 22.9 Å². The maximum Gasteiger partial charge on any atom is 0.239 e. The third-order valence-electron chi connectivity index (χ3n) is 15.8. The van der Waals surface area contributed by atoms with Crippen LogP contribution in [0.1, 0.15) is 164 Å². The first-order chi connectivity index (χ1) is 35.3. The number of allylic oxidation sites excluding steroid dienone is 1. The Hall–Kier alpha value is -4.88. The smallest absolute Gasteiger partial charge is 0.239 e. The number of aliphatic hydroxyl groups is 2. The number of rotatable bonds is 28. The van der Waals surface area contributed by atoms with Gasteiger partial charge in [-0.1, -0.05) is 101 Å². The number of nitrogens with zero attached hydrogens (tertiary/aromatic N) is 2. The van der Waals surface area contributed by atoms with E-state index in [-0.39, 0.29) is 56.8 Å². The average Bonchev–Trinajstić information content (AvgIpc) is 3.87. The minimum absolute atomic E-state index is 0.0192. The van der Waals surface area contributed by atoms with Gasteiger partial charge in [0, 0.05) is 50.5 Å². The Morgan fingerprint density at radius 3 is 2.32 bits per heavy atom. The van der Waals surface area contributed by atoms with Gasteiger partial charge in [0.1, 0.15) is 23.3 Å². The van der Waals surface area contributed by atoms with Gasteiger partial charge >= 0.3 is 0 Å². The molecule has 0 radical (unpaired) electrons. The number of benzene rings is 3. The van der Waals surface area contributed by atoms with Crippen molar-refractivity contribution in [1.82, 2.24) is 4.90 Å². The molecular weight excluding hydrogens is 909 g/mol. The highest BCUT2D eigenvalue weighted by Crippen LogP contribution is 2.62. The van der Waals surface area contributed by atoms with Crippen LogP contribution < -0.4 is 18.9 Å². The van der Waals surface area contributed by atoms with Crippen molar-refractivity contribution in [3.8, 4) is 28.7 Å². The van der Waals surface area contributed by atoms with Crippen molar-refractivity contribution in [2.75, 3.05) is 33.2 Å². The summed E-state index contributed by atoms with van der Waals surface area (Å²) in [5, 5.41) is 25.3. The first-order valence-electron chi connectivity index (χ1n) is 27.6. The SMILES string of the molecule is C=CCO[C@@]12Oc3ccc(Oc4ccc(C)c(C)c4)cc3[C@H]3[C@H](CCCCO)[C@@H](CCCCO)C=C(C(=NOC4CCCCO4)C[C@@H]1N(Cc1ccc4c(c1)OCO4)C(=O)CCCCCCCCCCC)[C@H]32. The van der Waals surface area contributed by atoms with Gasteiger partial charge in [0.2, 0.25) is 24.8 Å². The number of carbonyl (C=O) groups is 1. The molecule has 7 atom stereocenters. The van der Waals surface area contributed by atoms with Gasteiger partial charge in [-0.3, -0.25) is 4.79 Å². The Kier molecular flexibility index (Phi) is 19.6. The molecule has 3 heterocycles. The van der Waals surface area contributed by atoms with Crippen LogP contribution in [0, 0.1) is 31.6 Å². The molecule has 1 saturated heterocycles. The summed E-state index contributed by atoms with van der Waals surface area (Å²) in [5.74, 6) is 1.59. The van der Waals surface area contributed by atoms with Gasteiger partial charge in [0.05, 0.1) is 24.8 Å². The number of aryl methyl sites for hydroxylation is 2. The molecule has 0 spiro atoms. The quantitative estimate of drug-likeness (QED) is 0.0411. The molecule has 1 saturated carbocycles. The van der Waals surface area contributed by atoms with Crippen molar-refractivity contribution in [3.05, 3.63) is 101 Å². The van der Waals surface area contributed by atoms with Gasteiger partial charge in [-0.15, -0.1) is 6.58 Å². The fourth-order valence-electron chi connectivity index (χ4n) is 11.9. The number of fused-ring (bicyclic) bond motifs is 3. The summed E-state index contributed by atoms with van der Waals surface area (Å²) in [6.07, 6.45) is 22.1. The van der Waals surface area contributed by atoms with Crippen molar-refractivity contribution in [1.29, 1.82) is 0 Å². The van der Waals surface area contributed by atoms with E-state index in [0.29, 0.717) is 55.3 Å². The van der Waals surface area contributed by atoms with E-state index in [2.05, 4.69) is 51.6 Å². The van der Waals surface area contributed by atoms with E-state index >= 15 is 4.79 Å². The molecule has 72 heavy (non-hydrogen) atoms. The first-order valence-corrected chi connectivity index (χ1v) is 27.6. The van der Waals surface area contributed by atoms with Crippen LogP contribution in [0.15, 0.2) is 84.1 Å². The molecule has 1 unspecified atom stereocenters. The molecule has 3 aliphatic heterocycles. The fraction of sp³-hybridized carbons (Fsp3) is 0.600. The van der Waals surface area contributed by atoms with Crippen molar-refractivity contribution >= 4 is 11.6 Å². The minimum Gasteiger partial charge on any atom is -0.459 e. The van der Waals surface area contributed by atoms with Crippen LogP contribution in [-0.4, -0.2) is 78.1 Å². The summed E-state index contributed by atoms with van der Waals surface area (Å²) in [7, 11) is 0. The summed E-state index contributed by atoms with van der Waals surface area (Å²) in [6, 6.07) is 17.5. The molecular formula is C60H82N2O10. The van der Waals surface area contributed by atoms with Crippen LogP contribution in [0.25, 0.3) is 0 Å². The Bertz CT molecular complexity index is 2310. The lowest BCUT2D eigenvalue weighted by Gasteiger charge is -2.60. The van der Waals surface area contributed by atoms with Crippen LogP contribution in [0.4, 0.5) is 0 Å².